The second-order valence-electron chi connectivity index (χ2n) is 8.19. The zero-order chi connectivity index (χ0) is 28.5. The first kappa shape index (κ1) is 29.5. The number of aliphatic hydroxyl groups excluding tert-OH is 1. The molecule has 4 N–H and O–H groups in total. The Morgan fingerprint density at radius 1 is 1.18 bits per heavy atom. The summed E-state index contributed by atoms with van der Waals surface area (Å²) in [5, 5.41) is 19.6. The van der Waals surface area contributed by atoms with E-state index in [0.29, 0.717) is 40.7 Å². The largest absolute Gasteiger partial charge is 0.490 e. The molecule has 0 spiro atoms. The number of benzene rings is 2. The van der Waals surface area contributed by atoms with Gasteiger partial charge in [0.25, 0.3) is 0 Å². The Hall–Kier alpha value is -4.10. The number of amides is 2. The monoisotopic (exact) mass is 604 g/mol. The predicted octanol–water partition coefficient (Wildman–Crippen LogP) is 2.89. The van der Waals surface area contributed by atoms with Crippen molar-refractivity contribution in [3.8, 4) is 17.2 Å². The number of esters is 2. The van der Waals surface area contributed by atoms with Gasteiger partial charge in [-0.2, -0.15) is 5.10 Å². The molecule has 2 aromatic rings. The van der Waals surface area contributed by atoms with Crippen LogP contribution in [0.25, 0.3) is 0 Å². The molecule has 0 aliphatic carbocycles. The zero-order valence-corrected chi connectivity index (χ0v) is 23.3. The number of allylic oxidation sites excluding steroid dienone is 1. The Bertz CT molecular complexity index is 1300. The molecule has 0 saturated carbocycles. The minimum Gasteiger partial charge on any atom is -0.490 e. The minimum atomic E-state index is -1.19. The molecule has 0 radical (unpaired) electrons. The Kier molecular flexibility index (Phi) is 10.3. The van der Waals surface area contributed by atoms with E-state index < -0.39 is 30.2 Å². The molecule has 13 heteroatoms. The molecule has 12 nitrogen and oxygen atoms in total. The molecule has 2 atom stereocenters. The van der Waals surface area contributed by atoms with Crippen LogP contribution in [-0.2, 0) is 14.3 Å². The molecular formula is C26H29BrN4O8. The van der Waals surface area contributed by atoms with Crippen LogP contribution in [0.4, 0.5) is 4.79 Å². The standard InChI is InChI=1S/C26H29BrN4O8/c1-5-37-21-11-16(24-23(25(34)36-4)14(2)29-26(35)30-24)6-8-20(21)38-13-22(33)31-28-12-17-10-18(27)7-9-19(17)39-15(3)32/h6-12,22,24,31,33H,5,13H2,1-4H3,(H2,29,30,35)/b28-12+/t22-,24+/m1/s1. The number of carbonyl (C=O) groups excluding carboxylic acids is 3. The van der Waals surface area contributed by atoms with Gasteiger partial charge >= 0.3 is 18.0 Å². The second-order valence-corrected chi connectivity index (χ2v) is 9.11. The van der Waals surface area contributed by atoms with E-state index in [9.17, 15) is 19.5 Å². The van der Waals surface area contributed by atoms with Crippen molar-refractivity contribution in [1.82, 2.24) is 16.1 Å². The van der Waals surface area contributed by atoms with Crippen LogP contribution in [0.5, 0.6) is 17.2 Å². The number of urea groups is 1. The Labute approximate surface area is 233 Å². The molecule has 0 fully saturated rings. The molecule has 0 aromatic heterocycles. The van der Waals surface area contributed by atoms with Gasteiger partial charge in [-0.15, -0.1) is 0 Å². The average Bonchev–Trinajstić information content (AvgIpc) is 2.88. The van der Waals surface area contributed by atoms with Crippen LogP contribution in [0.3, 0.4) is 0 Å². The summed E-state index contributed by atoms with van der Waals surface area (Å²) in [5.41, 5.74) is 4.26. The summed E-state index contributed by atoms with van der Waals surface area (Å²) < 4.78 is 22.2. The summed E-state index contributed by atoms with van der Waals surface area (Å²) in [4.78, 5) is 35.8. The lowest BCUT2D eigenvalue weighted by Gasteiger charge is -2.28. The molecule has 1 aliphatic heterocycles. The molecule has 1 heterocycles. The third-order valence-corrected chi connectivity index (χ3v) is 5.82. The van der Waals surface area contributed by atoms with Gasteiger partial charge in [-0.1, -0.05) is 22.0 Å². The van der Waals surface area contributed by atoms with E-state index in [1.165, 1.54) is 20.2 Å². The van der Waals surface area contributed by atoms with Crippen molar-refractivity contribution in [3.05, 3.63) is 63.3 Å². The molecule has 2 amide bonds. The van der Waals surface area contributed by atoms with Crippen LogP contribution in [0.1, 0.15) is 37.9 Å². The Morgan fingerprint density at radius 2 is 1.92 bits per heavy atom. The normalized spacial score (nSPS) is 15.7. The maximum absolute atomic E-state index is 12.4. The average molecular weight is 605 g/mol. The van der Waals surface area contributed by atoms with E-state index in [0.717, 1.165) is 4.47 Å². The van der Waals surface area contributed by atoms with Gasteiger partial charge in [-0.25, -0.2) is 9.59 Å². The number of halogens is 1. The van der Waals surface area contributed by atoms with Crippen molar-refractivity contribution in [2.24, 2.45) is 5.10 Å². The summed E-state index contributed by atoms with van der Waals surface area (Å²) in [5.74, 6) is -0.0648. The molecule has 208 valence electrons. The third-order valence-electron chi connectivity index (χ3n) is 5.32. The van der Waals surface area contributed by atoms with Crippen molar-refractivity contribution in [1.29, 1.82) is 0 Å². The lowest BCUT2D eigenvalue weighted by Crippen LogP contribution is -2.45. The van der Waals surface area contributed by atoms with Gasteiger partial charge in [-0.3, -0.25) is 10.2 Å². The second kappa shape index (κ2) is 13.6. The maximum atomic E-state index is 12.4. The highest BCUT2D eigenvalue weighted by Crippen LogP contribution is 2.35. The molecule has 0 bridgehead atoms. The summed E-state index contributed by atoms with van der Waals surface area (Å²) in [6.07, 6.45) is 0.203. The van der Waals surface area contributed by atoms with E-state index in [-0.39, 0.29) is 12.2 Å². The Morgan fingerprint density at radius 3 is 2.62 bits per heavy atom. The predicted molar refractivity (Wildman–Crippen MR) is 144 cm³/mol. The first-order valence-corrected chi connectivity index (χ1v) is 12.6. The maximum Gasteiger partial charge on any atom is 0.337 e. The van der Waals surface area contributed by atoms with Gasteiger partial charge in [0.15, 0.2) is 17.7 Å². The fraction of sp³-hybridized carbons (Fsp3) is 0.308. The zero-order valence-electron chi connectivity index (χ0n) is 21.7. The molecule has 1 aliphatic rings. The molecule has 0 unspecified atom stereocenters. The lowest BCUT2D eigenvalue weighted by atomic mass is 9.95. The van der Waals surface area contributed by atoms with Crippen LogP contribution in [0, 0.1) is 0 Å². The fourth-order valence-electron chi connectivity index (χ4n) is 3.68. The van der Waals surface area contributed by atoms with Gasteiger partial charge < -0.3 is 34.7 Å². The number of hydrogen-bond donors (Lipinski definition) is 4. The quantitative estimate of drug-likeness (QED) is 0.0995. The summed E-state index contributed by atoms with van der Waals surface area (Å²) in [7, 11) is 1.26. The fourth-order valence-corrected chi connectivity index (χ4v) is 4.06. The van der Waals surface area contributed by atoms with E-state index >= 15 is 0 Å². The van der Waals surface area contributed by atoms with E-state index in [4.69, 9.17) is 18.9 Å². The van der Waals surface area contributed by atoms with Crippen molar-refractivity contribution in [2.45, 2.75) is 33.0 Å². The number of aliphatic hydroxyl groups is 1. The molecule has 3 rings (SSSR count). The van der Waals surface area contributed by atoms with Crippen LogP contribution < -0.4 is 30.3 Å². The highest BCUT2D eigenvalue weighted by Gasteiger charge is 2.32. The van der Waals surface area contributed by atoms with Crippen LogP contribution in [-0.4, -0.2) is 55.8 Å². The highest BCUT2D eigenvalue weighted by atomic mass is 79.9. The number of ether oxygens (including phenoxy) is 4. The van der Waals surface area contributed by atoms with Crippen molar-refractivity contribution < 1.29 is 38.4 Å². The number of hydrogen-bond acceptors (Lipinski definition) is 10. The Balaban J connectivity index is 1.71. The van der Waals surface area contributed by atoms with Crippen molar-refractivity contribution >= 4 is 40.1 Å². The summed E-state index contributed by atoms with van der Waals surface area (Å²) in [6.45, 7) is 4.83. The first-order valence-electron chi connectivity index (χ1n) is 11.8. The SMILES string of the molecule is CCOc1cc([C@@H]2NC(=O)NC(C)=C2C(=O)OC)ccc1OC[C@@H](O)N/N=C/c1cc(Br)ccc1OC(C)=O. The first-order chi connectivity index (χ1) is 18.6. The van der Waals surface area contributed by atoms with Crippen LogP contribution in [0.2, 0.25) is 0 Å². The summed E-state index contributed by atoms with van der Waals surface area (Å²) >= 11 is 3.35. The molecule has 39 heavy (non-hydrogen) atoms. The smallest absolute Gasteiger partial charge is 0.337 e. The molecule has 0 saturated heterocycles. The van der Waals surface area contributed by atoms with Gasteiger partial charge in [0.1, 0.15) is 12.4 Å². The summed E-state index contributed by atoms with van der Waals surface area (Å²) in [6, 6.07) is 8.75. The molecular weight excluding hydrogens is 576 g/mol. The number of carbonyl (C=O) groups is 3. The lowest BCUT2D eigenvalue weighted by molar-refractivity contribution is -0.136. The minimum absolute atomic E-state index is 0.192. The van der Waals surface area contributed by atoms with E-state index in [2.05, 4.69) is 37.1 Å². The number of methoxy groups -OCH3 is 1. The number of nitrogens with zero attached hydrogens (tertiary/aromatic N) is 1. The number of hydrazone groups is 1. The van der Waals surface area contributed by atoms with E-state index in [1.54, 1.807) is 50.2 Å². The number of rotatable bonds is 11. The topological polar surface area (TPSA) is 157 Å². The van der Waals surface area contributed by atoms with Crippen LogP contribution >= 0.6 is 15.9 Å². The third kappa shape index (κ3) is 7.94. The van der Waals surface area contributed by atoms with Gasteiger partial charge in [0, 0.05) is 22.7 Å². The highest BCUT2D eigenvalue weighted by molar-refractivity contribution is 9.10. The molecule has 2 aromatic carbocycles. The van der Waals surface area contributed by atoms with E-state index in [1.807, 2.05) is 0 Å². The van der Waals surface area contributed by atoms with Gasteiger partial charge in [-0.05, 0) is 49.7 Å². The van der Waals surface area contributed by atoms with Crippen molar-refractivity contribution in [3.63, 3.8) is 0 Å². The number of nitrogens with one attached hydrogen (secondary N) is 3. The van der Waals surface area contributed by atoms with Crippen LogP contribution in [0.15, 0.2) is 57.2 Å². The van der Waals surface area contributed by atoms with Gasteiger partial charge in [0.05, 0.1) is 31.5 Å². The van der Waals surface area contributed by atoms with Crippen molar-refractivity contribution in [2.75, 3.05) is 20.3 Å². The van der Waals surface area contributed by atoms with Gasteiger partial charge in [0.2, 0.25) is 0 Å².